The second-order valence-electron chi connectivity index (χ2n) is 3.03. The van der Waals surface area contributed by atoms with Gasteiger partial charge in [-0.05, 0) is 0 Å². The molecule has 16 heavy (non-hydrogen) atoms. The average molecular weight is 230 g/mol. The third-order valence-electron chi connectivity index (χ3n) is 1.93. The zero-order chi connectivity index (χ0) is 12.0. The quantitative estimate of drug-likeness (QED) is 0.516. The van der Waals surface area contributed by atoms with Gasteiger partial charge in [-0.1, -0.05) is 0 Å². The highest BCUT2D eigenvalue weighted by Gasteiger charge is 2.11. The van der Waals surface area contributed by atoms with Gasteiger partial charge in [-0.3, -0.25) is 9.78 Å². The highest BCUT2D eigenvalue weighted by molar-refractivity contribution is 5.33. The summed E-state index contributed by atoms with van der Waals surface area (Å²) in [5.74, 6) is 0.0608. The van der Waals surface area contributed by atoms with E-state index in [4.69, 9.17) is 9.84 Å². The summed E-state index contributed by atoms with van der Waals surface area (Å²) in [6, 6.07) is 0. The monoisotopic (exact) mass is 230 g/mol. The van der Waals surface area contributed by atoms with Crippen molar-refractivity contribution in [3.8, 4) is 0 Å². The minimum atomic E-state index is -0.663. The first-order chi connectivity index (χ1) is 7.69. The number of H-pyrrole nitrogens is 2. The third kappa shape index (κ3) is 3.17. The first-order valence-electron chi connectivity index (χ1n) is 4.72. The fraction of sp³-hybridized carbons (Fsp3) is 0.625. The Bertz CT molecular complexity index is 427. The number of hydrogen-bond acceptors (Lipinski definition) is 6. The minimum absolute atomic E-state index is 0.0608. The minimum Gasteiger partial charge on any atom is -0.395 e. The van der Waals surface area contributed by atoms with E-state index in [1.54, 1.807) is 0 Å². The van der Waals surface area contributed by atoms with Crippen LogP contribution in [0, 0.1) is 0 Å². The molecule has 1 aromatic heterocycles. The number of rotatable bonds is 6. The van der Waals surface area contributed by atoms with Crippen molar-refractivity contribution in [1.82, 2.24) is 15.2 Å². The van der Waals surface area contributed by atoms with Gasteiger partial charge in [-0.25, -0.2) is 9.89 Å². The summed E-state index contributed by atoms with van der Waals surface area (Å²) < 4.78 is 4.87. The van der Waals surface area contributed by atoms with Crippen molar-refractivity contribution in [1.29, 1.82) is 0 Å². The zero-order valence-electron chi connectivity index (χ0n) is 8.89. The van der Waals surface area contributed by atoms with Gasteiger partial charge in [0.1, 0.15) is 0 Å². The molecule has 0 saturated heterocycles. The van der Waals surface area contributed by atoms with E-state index in [-0.39, 0.29) is 19.0 Å². The summed E-state index contributed by atoms with van der Waals surface area (Å²) in [4.78, 5) is 25.8. The lowest BCUT2D eigenvalue weighted by Gasteiger charge is -2.20. The summed E-state index contributed by atoms with van der Waals surface area (Å²) in [6.45, 7) is 0.912. The zero-order valence-corrected chi connectivity index (χ0v) is 8.89. The smallest absolute Gasteiger partial charge is 0.342 e. The molecule has 0 bridgehead atoms. The van der Waals surface area contributed by atoms with Gasteiger partial charge in [0.25, 0.3) is 5.56 Å². The molecular weight excluding hydrogens is 216 g/mol. The van der Waals surface area contributed by atoms with E-state index in [1.807, 2.05) is 0 Å². The Morgan fingerprint density at radius 1 is 1.44 bits per heavy atom. The van der Waals surface area contributed by atoms with Gasteiger partial charge in [0.05, 0.1) is 13.2 Å². The van der Waals surface area contributed by atoms with Crippen LogP contribution in [-0.4, -0.2) is 53.7 Å². The molecule has 0 aliphatic heterocycles. The second-order valence-corrected chi connectivity index (χ2v) is 3.03. The van der Waals surface area contributed by atoms with E-state index in [2.05, 4.69) is 15.2 Å². The summed E-state index contributed by atoms with van der Waals surface area (Å²) in [5.41, 5.74) is -1.25. The Kier molecular flexibility index (Phi) is 4.67. The Morgan fingerprint density at radius 2 is 2.19 bits per heavy atom. The van der Waals surface area contributed by atoms with E-state index in [9.17, 15) is 9.59 Å². The molecule has 0 atom stereocenters. The average Bonchev–Trinajstić information content (AvgIpc) is 2.25. The van der Waals surface area contributed by atoms with Crippen molar-refractivity contribution in [3.05, 3.63) is 20.8 Å². The standard InChI is InChI=1S/C8H14N4O4/c1-16-5-3-12(2-4-13)6-7(14)9-8(15)11-10-6/h13H,2-5H2,1H3,(H2,9,11,14,15). The molecule has 3 N–H and O–H groups in total. The normalized spacial score (nSPS) is 10.4. The predicted molar refractivity (Wildman–Crippen MR) is 56.7 cm³/mol. The summed E-state index contributed by atoms with van der Waals surface area (Å²) >= 11 is 0. The van der Waals surface area contributed by atoms with Gasteiger partial charge in [0.2, 0.25) is 5.82 Å². The number of aliphatic hydroxyl groups excluding tert-OH is 1. The maximum Gasteiger partial charge on any atom is 0.342 e. The molecule has 90 valence electrons. The van der Waals surface area contributed by atoms with Gasteiger partial charge in [0.15, 0.2) is 0 Å². The number of nitrogens with one attached hydrogen (secondary N) is 2. The lowest BCUT2D eigenvalue weighted by molar-refractivity contribution is 0.202. The van der Waals surface area contributed by atoms with Crippen LogP contribution in [0.4, 0.5) is 5.82 Å². The predicted octanol–water partition coefficient (Wildman–Crippen LogP) is -2.10. The van der Waals surface area contributed by atoms with Crippen LogP contribution in [-0.2, 0) is 4.74 Å². The third-order valence-corrected chi connectivity index (χ3v) is 1.93. The largest absolute Gasteiger partial charge is 0.395 e. The summed E-state index contributed by atoms with van der Waals surface area (Å²) in [5, 5.41) is 14.6. The molecule has 0 amide bonds. The van der Waals surface area contributed by atoms with Gasteiger partial charge in [0, 0.05) is 20.2 Å². The number of aromatic amines is 2. The summed E-state index contributed by atoms with van der Waals surface area (Å²) in [6.07, 6.45) is 0. The van der Waals surface area contributed by atoms with Crippen LogP contribution in [0.5, 0.6) is 0 Å². The highest BCUT2D eigenvalue weighted by Crippen LogP contribution is 1.99. The Hall–Kier alpha value is -1.67. The molecule has 8 nitrogen and oxygen atoms in total. The van der Waals surface area contributed by atoms with Gasteiger partial charge < -0.3 is 14.7 Å². The number of aromatic nitrogens is 3. The Balaban J connectivity index is 2.91. The lowest BCUT2D eigenvalue weighted by Crippen LogP contribution is -2.38. The van der Waals surface area contributed by atoms with Crippen LogP contribution in [0.3, 0.4) is 0 Å². The number of hydrogen-bond donors (Lipinski definition) is 3. The molecule has 8 heteroatoms. The molecule has 0 aliphatic carbocycles. The maximum atomic E-state index is 11.4. The fourth-order valence-electron chi connectivity index (χ4n) is 1.20. The van der Waals surface area contributed by atoms with Crippen molar-refractivity contribution < 1.29 is 9.84 Å². The SMILES string of the molecule is COCCN(CCO)c1n[nH]c(=O)[nH]c1=O. The molecule has 0 unspecified atom stereocenters. The molecule has 1 aromatic rings. The van der Waals surface area contributed by atoms with E-state index in [1.165, 1.54) is 12.0 Å². The van der Waals surface area contributed by atoms with Crippen molar-refractivity contribution in [3.63, 3.8) is 0 Å². The van der Waals surface area contributed by atoms with E-state index >= 15 is 0 Å². The van der Waals surface area contributed by atoms with Gasteiger partial charge in [-0.15, -0.1) is 5.10 Å². The van der Waals surface area contributed by atoms with E-state index < -0.39 is 11.2 Å². The van der Waals surface area contributed by atoms with Crippen LogP contribution in [0.15, 0.2) is 9.59 Å². The van der Waals surface area contributed by atoms with Crippen molar-refractivity contribution in [2.45, 2.75) is 0 Å². The number of ether oxygens (including phenoxy) is 1. The molecule has 0 aliphatic rings. The molecule has 0 aromatic carbocycles. The molecular formula is C8H14N4O4. The first kappa shape index (κ1) is 12.4. The molecule has 1 heterocycles. The van der Waals surface area contributed by atoms with Crippen LogP contribution in [0.25, 0.3) is 0 Å². The van der Waals surface area contributed by atoms with Gasteiger partial charge >= 0.3 is 5.69 Å². The maximum absolute atomic E-state index is 11.4. The fourth-order valence-corrected chi connectivity index (χ4v) is 1.20. The number of anilines is 1. The number of aliphatic hydroxyl groups is 1. The van der Waals surface area contributed by atoms with Crippen LogP contribution < -0.4 is 16.1 Å². The van der Waals surface area contributed by atoms with Gasteiger partial charge in [-0.2, -0.15) is 0 Å². The van der Waals surface area contributed by atoms with Crippen LogP contribution in [0.2, 0.25) is 0 Å². The molecule has 0 saturated carbocycles. The second kappa shape index (κ2) is 6.03. The van der Waals surface area contributed by atoms with Crippen LogP contribution in [0.1, 0.15) is 0 Å². The Labute approximate surface area is 90.9 Å². The van der Waals surface area contributed by atoms with Crippen molar-refractivity contribution >= 4 is 5.82 Å². The van der Waals surface area contributed by atoms with Crippen LogP contribution >= 0.6 is 0 Å². The number of nitrogens with zero attached hydrogens (tertiary/aromatic N) is 2. The highest BCUT2D eigenvalue weighted by atomic mass is 16.5. The number of methoxy groups -OCH3 is 1. The first-order valence-corrected chi connectivity index (χ1v) is 4.72. The van der Waals surface area contributed by atoms with E-state index in [0.717, 1.165) is 0 Å². The molecule has 0 fully saturated rings. The summed E-state index contributed by atoms with van der Waals surface area (Å²) in [7, 11) is 1.53. The van der Waals surface area contributed by atoms with Crippen molar-refractivity contribution in [2.75, 3.05) is 38.3 Å². The molecule has 1 rings (SSSR count). The topological polar surface area (TPSA) is 111 Å². The Morgan fingerprint density at radius 3 is 2.75 bits per heavy atom. The lowest BCUT2D eigenvalue weighted by atomic mass is 10.4. The van der Waals surface area contributed by atoms with Crippen molar-refractivity contribution in [2.24, 2.45) is 0 Å². The molecule has 0 radical (unpaired) electrons. The molecule has 0 spiro atoms. The van der Waals surface area contributed by atoms with E-state index in [0.29, 0.717) is 13.2 Å².